The number of nitrogens with two attached hydrogens (primary N) is 1. The molecule has 0 radical (unpaired) electrons. The Morgan fingerprint density at radius 3 is 2.60 bits per heavy atom. The van der Waals surface area contributed by atoms with Crippen LogP contribution in [-0.2, 0) is 0 Å². The molecule has 0 aromatic heterocycles. The van der Waals surface area contributed by atoms with E-state index in [1.807, 2.05) is 0 Å². The summed E-state index contributed by atoms with van der Waals surface area (Å²) in [6, 6.07) is 3.78. The summed E-state index contributed by atoms with van der Waals surface area (Å²) in [5.41, 5.74) is 5.58. The van der Waals surface area contributed by atoms with Gasteiger partial charge in [0.2, 0.25) is 0 Å². The molecule has 1 atom stereocenters. The molecule has 0 heterocycles. The lowest BCUT2D eigenvalue weighted by molar-refractivity contribution is 0.0750. The van der Waals surface area contributed by atoms with Gasteiger partial charge in [0.1, 0.15) is 17.3 Å². The van der Waals surface area contributed by atoms with E-state index in [1.54, 1.807) is 13.8 Å². The molecule has 0 bridgehead atoms. The van der Waals surface area contributed by atoms with E-state index in [-0.39, 0.29) is 41.3 Å². The van der Waals surface area contributed by atoms with E-state index in [0.717, 1.165) is 6.07 Å². The fourth-order valence-electron chi connectivity index (χ4n) is 1.75. The fourth-order valence-corrected chi connectivity index (χ4v) is 1.75. The highest BCUT2D eigenvalue weighted by atomic mass is 16.4. The van der Waals surface area contributed by atoms with Crippen molar-refractivity contribution in [2.75, 3.05) is 13.1 Å². The molecule has 7 nitrogen and oxygen atoms in total. The summed E-state index contributed by atoms with van der Waals surface area (Å²) in [5, 5.41) is 30.4. The molecule has 5 N–H and O–H groups in total. The maximum Gasteiger partial charge on any atom is 0.257 e. The quantitative estimate of drug-likeness (QED) is 0.277. The zero-order valence-corrected chi connectivity index (χ0v) is 11.4. The molecule has 0 saturated heterocycles. The number of hydrogen-bond donors (Lipinski definition) is 4. The summed E-state index contributed by atoms with van der Waals surface area (Å²) < 4.78 is 0. The molecule has 1 rings (SSSR count). The minimum Gasteiger partial charge on any atom is -0.508 e. The van der Waals surface area contributed by atoms with Gasteiger partial charge in [-0.1, -0.05) is 12.1 Å². The lowest BCUT2D eigenvalue weighted by Gasteiger charge is -2.24. The van der Waals surface area contributed by atoms with Crippen molar-refractivity contribution in [2.24, 2.45) is 16.8 Å². The van der Waals surface area contributed by atoms with E-state index >= 15 is 0 Å². The Morgan fingerprint density at radius 2 is 2.10 bits per heavy atom. The molecule has 1 aromatic carbocycles. The van der Waals surface area contributed by atoms with Crippen molar-refractivity contribution in [3.8, 4) is 11.5 Å². The van der Waals surface area contributed by atoms with Gasteiger partial charge in [0, 0.05) is 25.1 Å². The zero-order valence-electron chi connectivity index (χ0n) is 11.4. The summed E-state index contributed by atoms with van der Waals surface area (Å²) >= 11 is 0. The Kier molecular flexibility index (Phi) is 5.19. The van der Waals surface area contributed by atoms with Crippen molar-refractivity contribution in [2.45, 2.75) is 13.8 Å². The minimum atomic E-state index is -0.386. The first-order chi connectivity index (χ1) is 9.40. The molecular formula is C13H19N3O4. The van der Waals surface area contributed by atoms with Gasteiger partial charge in [0.15, 0.2) is 0 Å². The number of carbonyl (C=O) groups excluding carboxylic acids is 1. The Labute approximate surface area is 116 Å². The van der Waals surface area contributed by atoms with Crippen LogP contribution < -0.4 is 5.73 Å². The van der Waals surface area contributed by atoms with E-state index in [4.69, 9.17) is 10.9 Å². The van der Waals surface area contributed by atoms with Crippen LogP contribution in [0.4, 0.5) is 0 Å². The molecular weight excluding hydrogens is 262 g/mol. The summed E-state index contributed by atoms with van der Waals surface area (Å²) in [6.45, 7) is 4.17. The molecule has 1 unspecified atom stereocenters. The second kappa shape index (κ2) is 6.65. The maximum absolute atomic E-state index is 12.3. The molecule has 7 heteroatoms. The topological polar surface area (TPSA) is 119 Å². The Bertz CT molecular complexity index is 516. The Hall–Kier alpha value is -2.44. The summed E-state index contributed by atoms with van der Waals surface area (Å²) in [6.07, 6.45) is 0. The normalized spacial score (nSPS) is 13.0. The summed E-state index contributed by atoms with van der Waals surface area (Å²) in [5.74, 6) is -1.08. The van der Waals surface area contributed by atoms with E-state index < -0.39 is 0 Å². The number of aromatic hydroxyl groups is 2. The highest BCUT2D eigenvalue weighted by molar-refractivity contribution is 5.97. The first-order valence-electron chi connectivity index (χ1n) is 6.19. The van der Waals surface area contributed by atoms with Crippen LogP contribution in [0.5, 0.6) is 11.5 Å². The van der Waals surface area contributed by atoms with Crippen molar-refractivity contribution < 1.29 is 20.2 Å². The SMILES string of the molecule is CCN(CC(C)/C(N)=N/O)C(=O)c1ccc(O)cc1O. The first kappa shape index (κ1) is 15.6. The molecule has 0 aliphatic heterocycles. The van der Waals surface area contributed by atoms with Crippen LogP contribution in [-0.4, -0.2) is 45.2 Å². The van der Waals surface area contributed by atoms with Crippen LogP contribution in [0.3, 0.4) is 0 Å². The van der Waals surface area contributed by atoms with Gasteiger partial charge in [-0.05, 0) is 19.1 Å². The molecule has 0 spiro atoms. The third-order valence-corrected chi connectivity index (χ3v) is 3.00. The lowest BCUT2D eigenvalue weighted by atomic mass is 10.1. The summed E-state index contributed by atoms with van der Waals surface area (Å²) in [4.78, 5) is 13.8. The fraction of sp³-hybridized carbons (Fsp3) is 0.385. The lowest BCUT2D eigenvalue weighted by Crippen LogP contribution is -2.38. The average molecular weight is 281 g/mol. The number of oxime groups is 1. The number of rotatable bonds is 5. The van der Waals surface area contributed by atoms with Crippen LogP contribution in [0, 0.1) is 5.92 Å². The van der Waals surface area contributed by atoms with Gasteiger partial charge >= 0.3 is 0 Å². The van der Waals surface area contributed by atoms with Crippen molar-refractivity contribution >= 4 is 11.7 Å². The minimum absolute atomic E-state index is 0.0335. The predicted octanol–water partition coefficient (Wildman–Crippen LogP) is 0.942. The average Bonchev–Trinajstić information content (AvgIpc) is 2.42. The number of benzene rings is 1. The van der Waals surface area contributed by atoms with Gasteiger partial charge < -0.3 is 26.1 Å². The van der Waals surface area contributed by atoms with Gasteiger partial charge in [-0.3, -0.25) is 4.79 Å². The number of amidine groups is 1. The second-order valence-corrected chi connectivity index (χ2v) is 4.47. The Morgan fingerprint density at radius 1 is 1.45 bits per heavy atom. The van der Waals surface area contributed by atoms with E-state index in [0.29, 0.717) is 6.54 Å². The number of amides is 1. The van der Waals surface area contributed by atoms with E-state index in [9.17, 15) is 15.0 Å². The van der Waals surface area contributed by atoms with Gasteiger partial charge in [-0.25, -0.2) is 0 Å². The zero-order chi connectivity index (χ0) is 15.3. The smallest absolute Gasteiger partial charge is 0.257 e. The molecule has 110 valence electrons. The third kappa shape index (κ3) is 3.53. The van der Waals surface area contributed by atoms with E-state index in [2.05, 4.69) is 5.16 Å². The molecule has 0 aliphatic rings. The number of phenols is 2. The van der Waals surface area contributed by atoms with Gasteiger partial charge in [-0.15, -0.1) is 0 Å². The largest absolute Gasteiger partial charge is 0.508 e. The third-order valence-electron chi connectivity index (χ3n) is 3.00. The van der Waals surface area contributed by atoms with Crippen molar-refractivity contribution in [3.05, 3.63) is 23.8 Å². The monoisotopic (exact) mass is 281 g/mol. The number of carbonyl (C=O) groups is 1. The van der Waals surface area contributed by atoms with Crippen LogP contribution in [0.25, 0.3) is 0 Å². The van der Waals surface area contributed by atoms with Crippen LogP contribution in [0.15, 0.2) is 23.4 Å². The highest BCUT2D eigenvalue weighted by Crippen LogP contribution is 2.24. The van der Waals surface area contributed by atoms with E-state index in [1.165, 1.54) is 17.0 Å². The van der Waals surface area contributed by atoms with Crippen LogP contribution >= 0.6 is 0 Å². The van der Waals surface area contributed by atoms with Crippen molar-refractivity contribution in [1.82, 2.24) is 4.90 Å². The van der Waals surface area contributed by atoms with Crippen LogP contribution in [0.1, 0.15) is 24.2 Å². The second-order valence-electron chi connectivity index (χ2n) is 4.47. The molecule has 0 aliphatic carbocycles. The Balaban J connectivity index is 2.92. The molecule has 1 aromatic rings. The number of hydrogen-bond acceptors (Lipinski definition) is 5. The first-order valence-corrected chi connectivity index (χ1v) is 6.19. The molecule has 0 fully saturated rings. The highest BCUT2D eigenvalue weighted by Gasteiger charge is 2.21. The summed E-state index contributed by atoms with van der Waals surface area (Å²) in [7, 11) is 0. The standard InChI is InChI=1S/C13H19N3O4/c1-3-16(7-8(2)12(14)15-20)13(19)10-5-4-9(17)6-11(10)18/h4-6,8,17-18,20H,3,7H2,1-2H3,(H2,14,15). The van der Waals surface area contributed by atoms with Gasteiger partial charge in [0.25, 0.3) is 5.91 Å². The maximum atomic E-state index is 12.3. The van der Waals surface area contributed by atoms with Gasteiger partial charge in [0.05, 0.1) is 5.56 Å². The number of nitrogens with zero attached hydrogens (tertiary/aromatic N) is 2. The van der Waals surface area contributed by atoms with Gasteiger partial charge in [-0.2, -0.15) is 0 Å². The van der Waals surface area contributed by atoms with Crippen molar-refractivity contribution in [3.63, 3.8) is 0 Å². The molecule has 0 saturated carbocycles. The van der Waals surface area contributed by atoms with Crippen molar-refractivity contribution in [1.29, 1.82) is 0 Å². The van der Waals surface area contributed by atoms with Crippen LogP contribution in [0.2, 0.25) is 0 Å². The molecule has 20 heavy (non-hydrogen) atoms. The molecule has 1 amide bonds. The number of phenolic OH excluding ortho intramolecular Hbond substituents is 2. The predicted molar refractivity (Wildman–Crippen MR) is 73.9 cm³/mol.